The minimum absolute atomic E-state index is 0.273. The molecule has 0 heterocycles. The van der Waals surface area contributed by atoms with Gasteiger partial charge in [0.2, 0.25) is 0 Å². The summed E-state index contributed by atoms with van der Waals surface area (Å²) in [6.45, 7) is 4.18. The third-order valence-electron chi connectivity index (χ3n) is 4.20. The summed E-state index contributed by atoms with van der Waals surface area (Å²) >= 11 is 3.42. The number of aryl methyl sites for hydroxylation is 2. The number of halogens is 1. The van der Waals surface area contributed by atoms with Crippen LogP contribution in [-0.2, 0) is 16.6 Å². The van der Waals surface area contributed by atoms with Gasteiger partial charge in [-0.15, -0.1) is 0 Å². The standard InChI is InChI=1S/C21H20BrNO2S/c1-16-8-9-17(2)21(14-16)23(15-18-10-12-19(22)13-11-18)26(24,25)20-6-4-3-5-7-20/h3-14H,15H2,1-2H3. The van der Waals surface area contributed by atoms with Crippen molar-refractivity contribution in [2.75, 3.05) is 4.31 Å². The Bertz CT molecular complexity index is 1000. The van der Waals surface area contributed by atoms with Gasteiger partial charge in [-0.1, -0.05) is 58.4 Å². The van der Waals surface area contributed by atoms with Gasteiger partial charge in [-0.3, -0.25) is 4.31 Å². The van der Waals surface area contributed by atoms with E-state index in [9.17, 15) is 8.42 Å². The Morgan fingerprint density at radius 3 is 2.19 bits per heavy atom. The van der Waals surface area contributed by atoms with Crippen LogP contribution in [0.5, 0.6) is 0 Å². The van der Waals surface area contributed by atoms with Gasteiger partial charge < -0.3 is 0 Å². The predicted molar refractivity (Wildman–Crippen MR) is 110 cm³/mol. The summed E-state index contributed by atoms with van der Waals surface area (Å²) in [4.78, 5) is 0.290. The smallest absolute Gasteiger partial charge is 0.262 e. The van der Waals surface area contributed by atoms with E-state index >= 15 is 0 Å². The molecule has 0 saturated carbocycles. The van der Waals surface area contributed by atoms with Crippen molar-refractivity contribution in [3.8, 4) is 0 Å². The van der Waals surface area contributed by atoms with E-state index in [1.54, 1.807) is 24.3 Å². The van der Waals surface area contributed by atoms with Gasteiger partial charge in [0.25, 0.3) is 10.0 Å². The van der Waals surface area contributed by atoms with Gasteiger partial charge in [-0.25, -0.2) is 8.42 Å². The van der Waals surface area contributed by atoms with Crippen LogP contribution in [0.25, 0.3) is 0 Å². The minimum atomic E-state index is -3.68. The number of benzene rings is 3. The van der Waals surface area contributed by atoms with Crippen LogP contribution < -0.4 is 4.31 Å². The molecule has 0 bridgehead atoms. The van der Waals surface area contributed by atoms with E-state index in [1.165, 1.54) is 4.31 Å². The van der Waals surface area contributed by atoms with Crippen LogP contribution in [-0.4, -0.2) is 8.42 Å². The zero-order chi connectivity index (χ0) is 18.7. The second-order valence-electron chi connectivity index (χ2n) is 6.24. The summed E-state index contributed by atoms with van der Waals surface area (Å²) in [5.74, 6) is 0. The molecular formula is C21H20BrNO2S. The summed E-state index contributed by atoms with van der Waals surface area (Å²) in [5, 5.41) is 0. The van der Waals surface area contributed by atoms with Crippen molar-refractivity contribution < 1.29 is 8.42 Å². The summed E-state index contributed by atoms with van der Waals surface area (Å²) in [6.07, 6.45) is 0. The number of rotatable bonds is 5. The number of anilines is 1. The lowest BCUT2D eigenvalue weighted by Gasteiger charge is -2.26. The maximum atomic E-state index is 13.4. The molecule has 0 radical (unpaired) electrons. The molecule has 0 aliphatic carbocycles. The second kappa shape index (κ2) is 7.64. The molecule has 0 spiro atoms. The topological polar surface area (TPSA) is 37.4 Å². The summed E-state index contributed by atoms with van der Waals surface area (Å²) in [7, 11) is -3.68. The van der Waals surface area contributed by atoms with Crippen molar-refractivity contribution in [1.82, 2.24) is 0 Å². The quantitative estimate of drug-likeness (QED) is 0.539. The molecule has 0 unspecified atom stereocenters. The van der Waals surface area contributed by atoms with Crippen LogP contribution >= 0.6 is 15.9 Å². The minimum Gasteiger partial charge on any atom is -0.262 e. The van der Waals surface area contributed by atoms with E-state index in [0.29, 0.717) is 5.69 Å². The first-order valence-corrected chi connectivity index (χ1v) is 10.5. The predicted octanol–water partition coefficient (Wildman–Crippen LogP) is 5.46. The molecule has 3 aromatic rings. The fraction of sp³-hybridized carbons (Fsp3) is 0.143. The van der Waals surface area contributed by atoms with Crippen LogP contribution in [0.4, 0.5) is 5.69 Å². The van der Waals surface area contributed by atoms with Gasteiger partial charge in [0.1, 0.15) is 0 Å². The van der Waals surface area contributed by atoms with Crippen molar-refractivity contribution >= 4 is 31.6 Å². The number of hydrogen-bond donors (Lipinski definition) is 0. The molecular weight excluding hydrogens is 410 g/mol. The molecule has 0 N–H and O–H groups in total. The fourth-order valence-electron chi connectivity index (χ4n) is 2.76. The third-order valence-corrected chi connectivity index (χ3v) is 6.51. The molecule has 0 saturated heterocycles. The Hall–Kier alpha value is -2.11. The summed E-state index contributed by atoms with van der Waals surface area (Å²) in [6, 6.07) is 22.2. The zero-order valence-electron chi connectivity index (χ0n) is 14.7. The Morgan fingerprint density at radius 2 is 1.54 bits per heavy atom. The summed E-state index contributed by atoms with van der Waals surface area (Å²) < 4.78 is 29.2. The van der Waals surface area contributed by atoms with E-state index in [0.717, 1.165) is 21.2 Å². The van der Waals surface area contributed by atoms with E-state index in [1.807, 2.05) is 62.4 Å². The van der Waals surface area contributed by atoms with Crippen molar-refractivity contribution in [2.45, 2.75) is 25.3 Å². The Kier molecular flexibility index (Phi) is 5.49. The highest BCUT2D eigenvalue weighted by Gasteiger charge is 2.26. The van der Waals surface area contributed by atoms with Gasteiger partial charge in [-0.2, -0.15) is 0 Å². The van der Waals surface area contributed by atoms with Crippen LogP contribution in [0, 0.1) is 13.8 Å². The van der Waals surface area contributed by atoms with Crippen LogP contribution in [0.3, 0.4) is 0 Å². The number of nitrogens with zero attached hydrogens (tertiary/aromatic N) is 1. The van der Waals surface area contributed by atoms with Gasteiger partial charge in [0, 0.05) is 4.47 Å². The van der Waals surface area contributed by atoms with E-state index in [4.69, 9.17) is 0 Å². The molecule has 134 valence electrons. The molecule has 0 fully saturated rings. The van der Waals surface area contributed by atoms with Crippen molar-refractivity contribution in [2.24, 2.45) is 0 Å². The van der Waals surface area contributed by atoms with Gasteiger partial charge in [-0.05, 0) is 60.9 Å². The van der Waals surface area contributed by atoms with E-state index < -0.39 is 10.0 Å². The maximum absolute atomic E-state index is 13.4. The highest BCUT2D eigenvalue weighted by Crippen LogP contribution is 2.30. The average Bonchev–Trinajstić information content (AvgIpc) is 2.64. The lowest BCUT2D eigenvalue weighted by Crippen LogP contribution is -2.31. The second-order valence-corrected chi connectivity index (χ2v) is 9.02. The molecule has 0 atom stereocenters. The normalized spacial score (nSPS) is 11.3. The molecule has 0 amide bonds. The lowest BCUT2D eigenvalue weighted by atomic mass is 10.1. The molecule has 0 aliphatic heterocycles. The van der Waals surface area contributed by atoms with Crippen LogP contribution in [0.2, 0.25) is 0 Å². The van der Waals surface area contributed by atoms with Crippen LogP contribution in [0.1, 0.15) is 16.7 Å². The molecule has 5 heteroatoms. The third kappa shape index (κ3) is 4.00. The average molecular weight is 430 g/mol. The first kappa shape index (κ1) is 18.7. The number of hydrogen-bond acceptors (Lipinski definition) is 2. The highest BCUT2D eigenvalue weighted by molar-refractivity contribution is 9.10. The Balaban J connectivity index is 2.12. The molecule has 0 aromatic heterocycles. The van der Waals surface area contributed by atoms with E-state index in [-0.39, 0.29) is 11.4 Å². The Morgan fingerprint density at radius 1 is 0.885 bits per heavy atom. The maximum Gasteiger partial charge on any atom is 0.264 e. The molecule has 26 heavy (non-hydrogen) atoms. The SMILES string of the molecule is Cc1ccc(C)c(N(Cc2ccc(Br)cc2)S(=O)(=O)c2ccccc2)c1. The molecule has 3 rings (SSSR count). The fourth-order valence-corrected chi connectivity index (χ4v) is 4.56. The lowest BCUT2D eigenvalue weighted by molar-refractivity contribution is 0.590. The molecule has 3 aromatic carbocycles. The van der Waals surface area contributed by atoms with E-state index in [2.05, 4.69) is 15.9 Å². The zero-order valence-corrected chi connectivity index (χ0v) is 17.1. The highest BCUT2D eigenvalue weighted by atomic mass is 79.9. The monoisotopic (exact) mass is 429 g/mol. The molecule has 3 nitrogen and oxygen atoms in total. The first-order valence-electron chi connectivity index (χ1n) is 8.27. The largest absolute Gasteiger partial charge is 0.264 e. The molecule has 0 aliphatic rings. The van der Waals surface area contributed by atoms with Crippen molar-refractivity contribution in [3.05, 3.63) is 94.0 Å². The van der Waals surface area contributed by atoms with Crippen molar-refractivity contribution in [1.29, 1.82) is 0 Å². The Labute approximate surface area is 163 Å². The number of sulfonamides is 1. The van der Waals surface area contributed by atoms with Crippen LogP contribution in [0.15, 0.2) is 82.2 Å². The first-order chi connectivity index (χ1) is 12.4. The summed E-state index contributed by atoms with van der Waals surface area (Å²) in [5.41, 5.74) is 3.58. The van der Waals surface area contributed by atoms with Gasteiger partial charge >= 0.3 is 0 Å². The van der Waals surface area contributed by atoms with Crippen molar-refractivity contribution in [3.63, 3.8) is 0 Å². The van der Waals surface area contributed by atoms with Gasteiger partial charge in [0.05, 0.1) is 17.1 Å². The van der Waals surface area contributed by atoms with Gasteiger partial charge in [0.15, 0.2) is 0 Å².